The average molecular weight is 324 g/mol. The van der Waals surface area contributed by atoms with Gasteiger partial charge in [0.05, 0.1) is 0 Å². The summed E-state index contributed by atoms with van der Waals surface area (Å²) in [6.45, 7) is 11.6. The van der Waals surface area contributed by atoms with Gasteiger partial charge >= 0.3 is 0 Å². The maximum atomic E-state index is 3.59. The van der Waals surface area contributed by atoms with Crippen LogP contribution in [0, 0.1) is 19.3 Å². The van der Waals surface area contributed by atoms with E-state index in [-0.39, 0.29) is 0 Å². The van der Waals surface area contributed by atoms with Gasteiger partial charge in [0.2, 0.25) is 0 Å². The lowest BCUT2D eigenvalue weighted by Gasteiger charge is -2.53. The van der Waals surface area contributed by atoms with Crippen molar-refractivity contribution < 1.29 is 0 Å². The Kier molecular flexibility index (Phi) is 4.60. The molecule has 1 fully saturated rings. The summed E-state index contributed by atoms with van der Waals surface area (Å²) < 4.78 is 1.19. The van der Waals surface area contributed by atoms with E-state index in [0.29, 0.717) is 5.41 Å². The smallest absolute Gasteiger partial charge is 0.0426 e. The van der Waals surface area contributed by atoms with Gasteiger partial charge in [-0.25, -0.2) is 0 Å². The third-order valence-corrected chi connectivity index (χ3v) is 4.84. The summed E-state index contributed by atoms with van der Waals surface area (Å²) in [6, 6.07) is 4.48. The number of hydrogen-bond donors (Lipinski definition) is 0. The van der Waals surface area contributed by atoms with Gasteiger partial charge in [-0.2, -0.15) is 0 Å². The predicted molar refractivity (Wildman–Crippen MR) is 88.1 cm³/mol. The summed E-state index contributed by atoms with van der Waals surface area (Å²) in [5, 5.41) is 0. The van der Waals surface area contributed by atoms with Crippen molar-refractivity contribution >= 4 is 21.6 Å². The summed E-state index contributed by atoms with van der Waals surface area (Å²) in [5.74, 6) is 0. The number of halogens is 1. The molecule has 0 aromatic heterocycles. The standard InChI is InChI=1S/C17H26BrN/c1-5-7-17(8-6-2)11-19(12-17)16-13(3)9-15(18)10-14(16)4/h9-10H,5-8,11-12H2,1-4H3. The largest absolute Gasteiger partial charge is 0.370 e. The van der Waals surface area contributed by atoms with Crippen LogP contribution in [0.15, 0.2) is 16.6 Å². The Morgan fingerprint density at radius 3 is 1.95 bits per heavy atom. The van der Waals surface area contributed by atoms with Gasteiger partial charge in [0.15, 0.2) is 0 Å². The van der Waals surface area contributed by atoms with Crippen LogP contribution < -0.4 is 4.90 Å². The highest BCUT2D eigenvalue weighted by Gasteiger charge is 2.41. The zero-order chi connectivity index (χ0) is 14.0. The number of rotatable bonds is 5. The summed E-state index contributed by atoms with van der Waals surface area (Å²) in [6.07, 6.45) is 5.39. The molecule has 1 aromatic carbocycles. The Labute approximate surface area is 126 Å². The van der Waals surface area contributed by atoms with Gasteiger partial charge in [0, 0.05) is 28.7 Å². The molecule has 2 rings (SSSR count). The van der Waals surface area contributed by atoms with Crippen LogP contribution in [0.3, 0.4) is 0 Å². The lowest BCUT2D eigenvalue weighted by molar-refractivity contribution is 0.173. The lowest BCUT2D eigenvalue weighted by Crippen LogP contribution is -2.56. The van der Waals surface area contributed by atoms with Crippen molar-refractivity contribution in [2.45, 2.75) is 53.4 Å². The molecule has 2 heteroatoms. The quantitative estimate of drug-likeness (QED) is 0.694. The molecule has 106 valence electrons. The Morgan fingerprint density at radius 1 is 1.05 bits per heavy atom. The highest BCUT2D eigenvalue weighted by molar-refractivity contribution is 9.10. The van der Waals surface area contributed by atoms with Crippen LogP contribution in [-0.4, -0.2) is 13.1 Å². The van der Waals surface area contributed by atoms with Crippen LogP contribution in [0.5, 0.6) is 0 Å². The second-order valence-electron chi connectivity index (χ2n) is 6.24. The minimum atomic E-state index is 0.593. The first-order valence-corrected chi connectivity index (χ1v) is 8.32. The minimum absolute atomic E-state index is 0.593. The van der Waals surface area contributed by atoms with Crippen molar-refractivity contribution in [2.75, 3.05) is 18.0 Å². The second kappa shape index (κ2) is 5.87. The molecule has 0 atom stereocenters. The van der Waals surface area contributed by atoms with Crippen LogP contribution in [0.1, 0.15) is 50.7 Å². The number of anilines is 1. The van der Waals surface area contributed by atoms with Crippen molar-refractivity contribution in [2.24, 2.45) is 5.41 Å². The minimum Gasteiger partial charge on any atom is -0.370 e. The van der Waals surface area contributed by atoms with E-state index in [4.69, 9.17) is 0 Å². The first-order chi connectivity index (χ1) is 9.01. The third kappa shape index (κ3) is 2.99. The van der Waals surface area contributed by atoms with E-state index >= 15 is 0 Å². The van der Waals surface area contributed by atoms with E-state index in [9.17, 15) is 0 Å². The second-order valence-corrected chi connectivity index (χ2v) is 7.16. The van der Waals surface area contributed by atoms with Crippen LogP contribution in [0.2, 0.25) is 0 Å². The summed E-state index contributed by atoms with van der Waals surface area (Å²) >= 11 is 3.59. The normalized spacial score (nSPS) is 17.4. The van der Waals surface area contributed by atoms with Gasteiger partial charge in [-0.1, -0.05) is 42.6 Å². The van der Waals surface area contributed by atoms with Gasteiger partial charge in [-0.05, 0) is 49.9 Å². The fourth-order valence-electron chi connectivity index (χ4n) is 3.83. The molecular weight excluding hydrogens is 298 g/mol. The Morgan fingerprint density at radius 2 is 1.53 bits per heavy atom. The zero-order valence-electron chi connectivity index (χ0n) is 12.7. The SMILES string of the molecule is CCCC1(CCC)CN(c2c(C)cc(Br)cc2C)C1. The molecule has 0 bridgehead atoms. The van der Waals surface area contributed by atoms with Crippen LogP contribution in [-0.2, 0) is 0 Å². The van der Waals surface area contributed by atoms with Crippen molar-refractivity contribution in [3.63, 3.8) is 0 Å². The van der Waals surface area contributed by atoms with Gasteiger partial charge in [-0.3, -0.25) is 0 Å². The van der Waals surface area contributed by atoms with Crippen LogP contribution >= 0.6 is 15.9 Å². The molecule has 1 heterocycles. The molecule has 0 spiro atoms. The Hall–Kier alpha value is -0.500. The van der Waals surface area contributed by atoms with Crippen molar-refractivity contribution in [1.29, 1.82) is 0 Å². The Balaban J connectivity index is 2.15. The summed E-state index contributed by atoms with van der Waals surface area (Å²) in [4.78, 5) is 2.59. The molecule has 1 nitrogen and oxygen atoms in total. The fraction of sp³-hybridized carbons (Fsp3) is 0.647. The number of nitrogens with zero attached hydrogens (tertiary/aromatic N) is 1. The first kappa shape index (κ1) is 14.9. The van der Waals surface area contributed by atoms with Crippen molar-refractivity contribution in [3.8, 4) is 0 Å². The number of aryl methyl sites for hydroxylation is 2. The molecule has 1 aliphatic heterocycles. The van der Waals surface area contributed by atoms with Crippen LogP contribution in [0.25, 0.3) is 0 Å². The lowest BCUT2D eigenvalue weighted by atomic mass is 9.72. The molecule has 0 saturated carbocycles. The first-order valence-electron chi connectivity index (χ1n) is 7.53. The van der Waals surface area contributed by atoms with E-state index < -0.39 is 0 Å². The van der Waals surface area contributed by atoms with Gasteiger partial charge in [-0.15, -0.1) is 0 Å². The highest BCUT2D eigenvalue weighted by atomic mass is 79.9. The number of hydrogen-bond acceptors (Lipinski definition) is 1. The molecule has 0 amide bonds. The van der Waals surface area contributed by atoms with E-state index in [2.05, 4.69) is 60.7 Å². The Bertz CT molecular complexity index is 416. The van der Waals surface area contributed by atoms with Crippen molar-refractivity contribution in [1.82, 2.24) is 0 Å². The van der Waals surface area contributed by atoms with Crippen molar-refractivity contribution in [3.05, 3.63) is 27.7 Å². The fourth-order valence-corrected chi connectivity index (χ4v) is 4.51. The molecule has 0 radical (unpaired) electrons. The molecule has 1 aromatic rings. The monoisotopic (exact) mass is 323 g/mol. The molecule has 1 saturated heterocycles. The van der Waals surface area contributed by atoms with Gasteiger partial charge in [0.25, 0.3) is 0 Å². The van der Waals surface area contributed by atoms with E-state index in [1.54, 1.807) is 0 Å². The van der Waals surface area contributed by atoms with Gasteiger partial charge in [0.1, 0.15) is 0 Å². The van der Waals surface area contributed by atoms with Crippen LogP contribution in [0.4, 0.5) is 5.69 Å². The summed E-state index contributed by atoms with van der Waals surface area (Å²) in [5.41, 5.74) is 4.85. The molecule has 0 unspecified atom stereocenters. The van der Waals surface area contributed by atoms with E-state index in [0.717, 1.165) is 0 Å². The third-order valence-electron chi connectivity index (χ3n) is 4.39. The highest BCUT2D eigenvalue weighted by Crippen LogP contribution is 2.44. The van der Waals surface area contributed by atoms with E-state index in [1.807, 2.05) is 0 Å². The molecular formula is C17H26BrN. The topological polar surface area (TPSA) is 3.24 Å². The molecule has 19 heavy (non-hydrogen) atoms. The maximum absolute atomic E-state index is 3.59. The average Bonchev–Trinajstić information content (AvgIpc) is 2.25. The number of benzene rings is 1. The van der Waals surface area contributed by atoms with E-state index in [1.165, 1.54) is 60.1 Å². The maximum Gasteiger partial charge on any atom is 0.0426 e. The predicted octanol–water partition coefficient (Wildman–Crippen LogP) is 5.47. The summed E-state index contributed by atoms with van der Waals surface area (Å²) in [7, 11) is 0. The zero-order valence-corrected chi connectivity index (χ0v) is 14.3. The molecule has 0 N–H and O–H groups in total. The molecule has 0 aliphatic carbocycles. The van der Waals surface area contributed by atoms with Gasteiger partial charge < -0.3 is 4.90 Å². The molecule has 1 aliphatic rings.